The Morgan fingerprint density at radius 3 is 2.43 bits per heavy atom. The molecule has 1 amide bonds. The predicted molar refractivity (Wildman–Crippen MR) is 85.1 cm³/mol. The number of rotatable bonds is 1. The summed E-state index contributed by atoms with van der Waals surface area (Å²) in [5.41, 5.74) is 0.418. The molecule has 0 bridgehead atoms. The van der Waals surface area contributed by atoms with Gasteiger partial charge in [-0.25, -0.2) is 0 Å². The van der Waals surface area contributed by atoms with E-state index in [1.807, 2.05) is 0 Å². The SMILES string of the molecule is CC(C)(C)C1CCC(N2CCN3CCNC[C@@H]3C2=O)CC1. The van der Waals surface area contributed by atoms with Crippen molar-refractivity contribution in [3.8, 4) is 0 Å². The van der Waals surface area contributed by atoms with Gasteiger partial charge >= 0.3 is 0 Å². The number of amides is 1. The van der Waals surface area contributed by atoms with Crippen LogP contribution in [0, 0.1) is 11.3 Å². The van der Waals surface area contributed by atoms with E-state index in [1.165, 1.54) is 25.7 Å². The van der Waals surface area contributed by atoms with E-state index in [4.69, 9.17) is 0 Å². The Balaban J connectivity index is 1.59. The topological polar surface area (TPSA) is 35.6 Å². The number of nitrogens with zero attached hydrogens (tertiary/aromatic N) is 2. The van der Waals surface area contributed by atoms with Crippen molar-refractivity contribution in [2.75, 3.05) is 32.7 Å². The molecule has 0 aromatic carbocycles. The molecule has 120 valence electrons. The van der Waals surface area contributed by atoms with Crippen molar-refractivity contribution in [3.05, 3.63) is 0 Å². The molecular formula is C17H31N3O. The number of carbonyl (C=O) groups is 1. The minimum absolute atomic E-state index is 0.104. The molecule has 3 fully saturated rings. The van der Waals surface area contributed by atoms with Crippen LogP contribution in [0.25, 0.3) is 0 Å². The van der Waals surface area contributed by atoms with E-state index in [0.29, 0.717) is 17.4 Å². The minimum atomic E-state index is 0.104. The second-order valence-corrected chi connectivity index (χ2v) is 8.16. The van der Waals surface area contributed by atoms with E-state index in [-0.39, 0.29) is 6.04 Å². The second-order valence-electron chi connectivity index (χ2n) is 8.16. The first-order valence-electron chi connectivity index (χ1n) is 8.72. The van der Waals surface area contributed by atoms with Crippen LogP contribution in [0.4, 0.5) is 0 Å². The molecule has 0 unspecified atom stereocenters. The average Bonchev–Trinajstić information content (AvgIpc) is 2.47. The van der Waals surface area contributed by atoms with Gasteiger partial charge in [0.1, 0.15) is 6.04 Å². The van der Waals surface area contributed by atoms with E-state index in [1.54, 1.807) is 0 Å². The molecule has 0 aromatic heterocycles. The number of hydrogen-bond donors (Lipinski definition) is 1. The molecular weight excluding hydrogens is 262 g/mol. The molecule has 21 heavy (non-hydrogen) atoms. The van der Waals surface area contributed by atoms with Gasteiger partial charge in [0.05, 0.1) is 0 Å². The Kier molecular flexibility index (Phi) is 4.28. The third-order valence-corrected chi connectivity index (χ3v) is 5.91. The predicted octanol–water partition coefficient (Wildman–Crippen LogP) is 1.71. The van der Waals surface area contributed by atoms with Crippen molar-refractivity contribution in [1.29, 1.82) is 0 Å². The van der Waals surface area contributed by atoms with Gasteiger partial charge in [0.2, 0.25) is 5.91 Å². The first-order chi connectivity index (χ1) is 9.97. The Bertz CT molecular complexity index is 382. The van der Waals surface area contributed by atoms with Gasteiger partial charge in [0, 0.05) is 38.8 Å². The summed E-state index contributed by atoms with van der Waals surface area (Å²) in [6.45, 7) is 12.0. The summed E-state index contributed by atoms with van der Waals surface area (Å²) in [5, 5.41) is 3.38. The molecule has 0 aromatic rings. The molecule has 3 aliphatic rings. The maximum Gasteiger partial charge on any atom is 0.241 e. The van der Waals surface area contributed by atoms with Gasteiger partial charge in [-0.15, -0.1) is 0 Å². The fourth-order valence-corrected chi connectivity index (χ4v) is 4.41. The van der Waals surface area contributed by atoms with Crippen molar-refractivity contribution in [3.63, 3.8) is 0 Å². The molecule has 1 atom stereocenters. The van der Waals surface area contributed by atoms with Crippen LogP contribution in [0.5, 0.6) is 0 Å². The van der Waals surface area contributed by atoms with E-state index in [0.717, 1.165) is 38.6 Å². The summed E-state index contributed by atoms with van der Waals surface area (Å²) in [5.74, 6) is 1.20. The molecule has 2 saturated heterocycles. The van der Waals surface area contributed by atoms with Crippen LogP contribution < -0.4 is 5.32 Å². The van der Waals surface area contributed by atoms with Gasteiger partial charge in [0.15, 0.2) is 0 Å². The highest BCUT2D eigenvalue weighted by Crippen LogP contribution is 2.39. The van der Waals surface area contributed by atoms with Gasteiger partial charge in [-0.1, -0.05) is 20.8 Å². The van der Waals surface area contributed by atoms with Gasteiger partial charge in [-0.05, 0) is 37.0 Å². The highest BCUT2D eigenvalue weighted by Gasteiger charge is 2.40. The Labute approximate surface area is 129 Å². The van der Waals surface area contributed by atoms with Gasteiger partial charge < -0.3 is 10.2 Å². The highest BCUT2D eigenvalue weighted by atomic mass is 16.2. The molecule has 4 heteroatoms. The van der Waals surface area contributed by atoms with E-state index >= 15 is 0 Å². The number of fused-ring (bicyclic) bond motifs is 1. The number of piperazine rings is 2. The lowest BCUT2D eigenvalue weighted by molar-refractivity contribution is -0.146. The Hall–Kier alpha value is -0.610. The smallest absolute Gasteiger partial charge is 0.241 e. The normalized spacial score (nSPS) is 35.7. The first kappa shape index (κ1) is 15.3. The molecule has 2 aliphatic heterocycles. The lowest BCUT2D eigenvalue weighted by atomic mass is 9.71. The third-order valence-electron chi connectivity index (χ3n) is 5.91. The summed E-state index contributed by atoms with van der Waals surface area (Å²) in [6, 6.07) is 0.605. The van der Waals surface area contributed by atoms with Crippen LogP contribution in [0.1, 0.15) is 46.5 Å². The van der Waals surface area contributed by atoms with E-state index < -0.39 is 0 Å². The van der Waals surface area contributed by atoms with Crippen LogP contribution in [0.2, 0.25) is 0 Å². The van der Waals surface area contributed by atoms with Gasteiger partial charge in [-0.3, -0.25) is 9.69 Å². The van der Waals surface area contributed by atoms with Crippen molar-refractivity contribution >= 4 is 5.91 Å². The lowest BCUT2D eigenvalue weighted by Gasteiger charge is -2.48. The molecule has 1 N–H and O–H groups in total. The second kappa shape index (κ2) is 5.88. The average molecular weight is 293 g/mol. The quantitative estimate of drug-likeness (QED) is 0.799. The summed E-state index contributed by atoms with van der Waals surface area (Å²) >= 11 is 0. The summed E-state index contributed by atoms with van der Waals surface area (Å²) in [7, 11) is 0. The fourth-order valence-electron chi connectivity index (χ4n) is 4.41. The van der Waals surface area contributed by atoms with Crippen molar-refractivity contribution in [2.45, 2.75) is 58.5 Å². The van der Waals surface area contributed by atoms with Crippen molar-refractivity contribution < 1.29 is 4.79 Å². The Morgan fingerprint density at radius 1 is 1.05 bits per heavy atom. The molecule has 1 aliphatic carbocycles. The summed E-state index contributed by atoms with van der Waals surface area (Å²) in [6.07, 6.45) is 4.97. The first-order valence-corrected chi connectivity index (χ1v) is 8.72. The molecule has 4 nitrogen and oxygen atoms in total. The van der Waals surface area contributed by atoms with Crippen LogP contribution in [-0.4, -0.2) is 60.5 Å². The number of hydrogen-bond acceptors (Lipinski definition) is 3. The zero-order valence-corrected chi connectivity index (χ0v) is 13.9. The standard InChI is InChI=1S/C17H31N3O/c1-17(2,3)13-4-6-14(7-5-13)20-11-10-19-9-8-18-12-15(19)16(20)21/h13-15,18H,4-12H2,1-3H3/t13?,14?,15-/m1/s1. The summed E-state index contributed by atoms with van der Waals surface area (Å²) < 4.78 is 0. The van der Waals surface area contributed by atoms with Crippen LogP contribution >= 0.6 is 0 Å². The van der Waals surface area contributed by atoms with Crippen LogP contribution in [-0.2, 0) is 4.79 Å². The minimum Gasteiger partial charge on any atom is -0.337 e. The van der Waals surface area contributed by atoms with E-state index in [9.17, 15) is 4.79 Å². The molecule has 3 rings (SSSR count). The number of carbonyl (C=O) groups excluding carboxylic acids is 1. The highest BCUT2D eigenvalue weighted by molar-refractivity contribution is 5.83. The molecule has 1 saturated carbocycles. The molecule has 2 heterocycles. The van der Waals surface area contributed by atoms with E-state index in [2.05, 4.69) is 35.9 Å². The number of nitrogens with one attached hydrogen (secondary N) is 1. The van der Waals surface area contributed by atoms with Crippen LogP contribution in [0.15, 0.2) is 0 Å². The summed E-state index contributed by atoms with van der Waals surface area (Å²) in [4.78, 5) is 17.4. The largest absolute Gasteiger partial charge is 0.337 e. The zero-order valence-electron chi connectivity index (χ0n) is 13.9. The van der Waals surface area contributed by atoms with Crippen LogP contribution in [0.3, 0.4) is 0 Å². The molecule has 0 radical (unpaired) electrons. The van der Waals surface area contributed by atoms with Gasteiger partial charge in [-0.2, -0.15) is 0 Å². The lowest BCUT2D eigenvalue weighted by Crippen LogP contribution is -2.65. The maximum atomic E-state index is 12.8. The zero-order chi connectivity index (χ0) is 15.0. The van der Waals surface area contributed by atoms with Crippen molar-refractivity contribution in [1.82, 2.24) is 15.1 Å². The third kappa shape index (κ3) is 3.11. The van der Waals surface area contributed by atoms with Gasteiger partial charge in [0.25, 0.3) is 0 Å². The fraction of sp³-hybridized carbons (Fsp3) is 0.941. The Morgan fingerprint density at radius 2 is 1.76 bits per heavy atom. The monoisotopic (exact) mass is 293 g/mol. The molecule has 0 spiro atoms. The maximum absolute atomic E-state index is 12.8. The van der Waals surface area contributed by atoms with Crippen molar-refractivity contribution in [2.24, 2.45) is 11.3 Å².